The number of para-hydroxylation sites is 2. The van der Waals surface area contributed by atoms with E-state index < -0.39 is 0 Å². The third kappa shape index (κ3) is 5.57. The summed E-state index contributed by atoms with van der Waals surface area (Å²) in [6, 6.07) is 61.1. The standard InChI is InChI=1S/C50H36F2N4/c1-33-11-19-37(20-12-33)53(41-27-29-49-45(31-41)43-7-3-5-9-47(43)55(49)51)39-23-15-35(16-24-39)36-17-25-40(26-18-36)54(38-21-13-34(2)14-22-38)42-28-30-50-46(32-42)44-8-4-6-10-48(44)56(50)52/h3-32H,1-2H3. The molecule has 10 rings (SSSR count). The van der Waals surface area contributed by atoms with E-state index in [0.29, 0.717) is 22.1 Å². The lowest BCUT2D eigenvalue weighted by atomic mass is 10.0. The lowest BCUT2D eigenvalue weighted by Gasteiger charge is -2.26. The summed E-state index contributed by atoms with van der Waals surface area (Å²) in [5.41, 5.74) is 12.6. The molecule has 8 aromatic carbocycles. The molecule has 0 bridgehead atoms. The zero-order valence-corrected chi connectivity index (χ0v) is 30.9. The van der Waals surface area contributed by atoms with Gasteiger partial charge in [0.1, 0.15) is 0 Å². The number of hydrogen-bond acceptors (Lipinski definition) is 2. The second-order valence-corrected chi connectivity index (χ2v) is 14.4. The van der Waals surface area contributed by atoms with Crippen molar-refractivity contribution in [3.05, 3.63) is 193 Å². The van der Waals surface area contributed by atoms with Crippen molar-refractivity contribution in [2.24, 2.45) is 0 Å². The lowest BCUT2D eigenvalue weighted by Crippen LogP contribution is -2.10. The normalized spacial score (nSPS) is 11.6. The molecule has 0 aliphatic heterocycles. The Balaban J connectivity index is 1.01. The first-order valence-electron chi connectivity index (χ1n) is 18.7. The molecular formula is C50H36F2N4. The van der Waals surface area contributed by atoms with Crippen LogP contribution in [0.5, 0.6) is 0 Å². The van der Waals surface area contributed by atoms with Gasteiger partial charge < -0.3 is 9.80 Å². The van der Waals surface area contributed by atoms with Gasteiger partial charge in [-0.3, -0.25) is 0 Å². The number of anilines is 6. The first kappa shape index (κ1) is 33.4. The maximum Gasteiger partial charge on any atom is 0.0827 e. The highest BCUT2D eigenvalue weighted by Gasteiger charge is 2.19. The summed E-state index contributed by atoms with van der Waals surface area (Å²) in [7, 11) is 0. The van der Waals surface area contributed by atoms with Crippen molar-refractivity contribution in [1.29, 1.82) is 0 Å². The Morgan fingerprint density at radius 1 is 0.321 bits per heavy atom. The Labute approximate surface area is 323 Å². The molecule has 270 valence electrons. The fourth-order valence-corrected chi connectivity index (χ4v) is 7.99. The van der Waals surface area contributed by atoms with E-state index in [1.165, 1.54) is 11.1 Å². The van der Waals surface area contributed by atoms with Crippen molar-refractivity contribution in [3.63, 3.8) is 0 Å². The number of rotatable bonds is 7. The highest BCUT2D eigenvalue weighted by atomic mass is 19.2. The van der Waals surface area contributed by atoms with E-state index in [9.17, 15) is 0 Å². The average molecular weight is 731 g/mol. The number of aromatic nitrogens is 2. The van der Waals surface area contributed by atoms with E-state index in [2.05, 4.69) is 133 Å². The van der Waals surface area contributed by atoms with E-state index in [0.717, 1.165) is 76.4 Å². The summed E-state index contributed by atoms with van der Waals surface area (Å²) in [5.74, 6) is 0. The van der Waals surface area contributed by atoms with Crippen molar-refractivity contribution < 1.29 is 8.96 Å². The van der Waals surface area contributed by atoms with E-state index >= 15 is 8.96 Å². The third-order valence-corrected chi connectivity index (χ3v) is 10.9. The largest absolute Gasteiger partial charge is 0.310 e. The smallest absolute Gasteiger partial charge is 0.0827 e. The summed E-state index contributed by atoms with van der Waals surface area (Å²) < 4.78 is 30.6. The van der Waals surface area contributed by atoms with Gasteiger partial charge in [-0.1, -0.05) is 105 Å². The number of benzene rings is 8. The molecule has 0 atom stereocenters. The predicted octanol–water partition coefficient (Wildman–Crippen LogP) is 14.6. The van der Waals surface area contributed by atoms with Crippen molar-refractivity contribution in [3.8, 4) is 11.1 Å². The topological polar surface area (TPSA) is 16.3 Å². The third-order valence-electron chi connectivity index (χ3n) is 10.9. The van der Waals surface area contributed by atoms with Gasteiger partial charge in [-0.2, -0.15) is 9.58 Å². The van der Waals surface area contributed by atoms with Gasteiger partial charge in [0.05, 0.1) is 22.1 Å². The molecule has 0 saturated carbocycles. The van der Waals surface area contributed by atoms with Gasteiger partial charge in [0.25, 0.3) is 0 Å². The Kier molecular flexibility index (Phi) is 7.92. The molecule has 0 unspecified atom stereocenters. The molecule has 4 nitrogen and oxygen atoms in total. The predicted molar refractivity (Wildman–Crippen MR) is 230 cm³/mol. The summed E-state index contributed by atoms with van der Waals surface area (Å²) in [4.78, 5) is 5.97. The van der Waals surface area contributed by atoms with Gasteiger partial charge in [0.15, 0.2) is 0 Å². The minimum absolute atomic E-state index is 0.548. The van der Waals surface area contributed by atoms with Crippen molar-refractivity contribution in [1.82, 2.24) is 9.58 Å². The van der Waals surface area contributed by atoms with Crippen LogP contribution < -0.4 is 9.80 Å². The van der Waals surface area contributed by atoms with Gasteiger partial charge in [-0.25, -0.2) is 0 Å². The van der Waals surface area contributed by atoms with Gasteiger partial charge in [0, 0.05) is 55.7 Å². The maximum atomic E-state index is 15.3. The van der Waals surface area contributed by atoms with Crippen LogP contribution in [0, 0.1) is 13.8 Å². The zero-order valence-electron chi connectivity index (χ0n) is 30.9. The first-order valence-corrected chi connectivity index (χ1v) is 18.7. The van der Waals surface area contributed by atoms with Crippen LogP contribution >= 0.6 is 0 Å². The number of fused-ring (bicyclic) bond motifs is 6. The van der Waals surface area contributed by atoms with Crippen LogP contribution in [0.3, 0.4) is 0 Å². The molecule has 0 radical (unpaired) electrons. The molecule has 0 aliphatic carbocycles. The van der Waals surface area contributed by atoms with E-state index in [1.807, 2.05) is 72.8 Å². The van der Waals surface area contributed by atoms with Gasteiger partial charge >= 0.3 is 0 Å². The molecule has 6 heteroatoms. The molecule has 0 aliphatic rings. The van der Waals surface area contributed by atoms with Crippen LogP contribution in [0.4, 0.5) is 43.1 Å². The van der Waals surface area contributed by atoms with Crippen molar-refractivity contribution in [2.45, 2.75) is 13.8 Å². The molecule has 0 N–H and O–H groups in total. The van der Waals surface area contributed by atoms with E-state index in [1.54, 1.807) is 0 Å². The Morgan fingerprint density at radius 3 is 1.00 bits per heavy atom. The van der Waals surface area contributed by atoms with Crippen LogP contribution in [0.2, 0.25) is 0 Å². The SMILES string of the molecule is Cc1ccc(N(c2ccc(-c3ccc(N(c4ccc(C)cc4)c4ccc5c(c4)c4ccccc4n5F)cc3)cc2)c2ccc3c(c2)c2ccccc2n3F)cc1. The highest BCUT2D eigenvalue weighted by Crippen LogP contribution is 2.42. The van der Waals surface area contributed by atoms with Crippen LogP contribution in [0.1, 0.15) is 11.1 Å². The molecule has 0 spiro atoms. The fraction of sp³-hybridized carbons (Fsp3) is 0.0400. The Bertz CT molecular complexity index is 2840. The second kappa shape index (κ2) is 13.3. The Morgan fingerprint density at radius 2 is 0.625 bits per heavy atom. The maximum absolute atomic E-state index is 15.3. The van der Waals surface area contributed by atoms with E-state index in [-0.39, 0.29) is 0 Å². The lowest BCUT2D eigenvalue weighted by molar-refractivity contribution is 0.405. The molecule has 2 aromatic heterocycles. The first-order chi connectivity index (χ1) is 27.4. The number of hydrogen-bond donors (Lipinski definition) is 0. The molecule has 0 fully saturated rings. The van der Waals surface area contributed by atoms with E-state index in [4.69, 9.17) is 0 Å². The monoisotopic (exact) mass is 730 g/mol. The van der Waals surface area contributed by atoms with Gasteiger partial charge in [0.2, 0.25) is 0 Å². The molecule has 0 saturated heterocycles. The molecule has 2 heterocycles. The summed E-state index contributed by atoms with van der Waals surface area (Å²) in [6.45, 7) is 4.17. The second-order valence-electron chi connectivity index (χ2n) is 14.4. The van der Waals surface area contributed by atoms with Crippen molar-refractivity contribution in [2.75, 3.05) is 9.80 Å². The average Bonchev–Trinajstić information content (AvgIpc) is 3.69. The summed E-state index contributed by atoms with van der Waals surface area (Å²) in [6.07, 6.45) is 0. The van der Waals surface area contributed by atoms with Crippen LogP contribution in [-0.4, -0.2) is 9.58 Å². The highest BCUT2D eigenvalue weighted by molar-refractivity contribution is 6.10. The van der Waals surface area contributed by atoms with Crippen molar-refractivity contribution >= 4 is 77.7 Å². The summed E-state index contributed by atoms with van der Waals surface area (Å²) in [5, 5.41) is 3.48. The zero-order chi connectivity index (χ0) is 37.9. The van der Waals surface area contributed by atoms with Crippen LogP contribution in [0.25, 0.3) is 54.7 Å². The number of halogens is 2. The quantitative estimate of drug-likeness (QED) is 0.162. The van der Waals surface area contributed by atoms with Crippen LogP contribution in [-0.2, 0) is 0 Å². The molecule has 56 heavy (non-hydrogen) atoms. The number of nitrogens with zero attached hydrogens (tertiary/aromatic N) is 4. The Hall–Kier alpha value is -7.18. The fourth-order valence-electron chi connectivity index (χ4n) is 7.99. The van der Waals surface area contributed by atoms with Crippen LogP contribution in [0.15, 0.2) is 182 Å². The molecule has 10 aromatic rings. The molecule has 0 amide bonds. The van der Waals surface area contributed by atoms with Gasteiger partial charge in [-0.05, 0) is 122 Å². The molecular weight excluding hydrogens is 695 g/mol. The number of aryl methyl sites for hydroxylation is 2. The minimum atomic E-state index is 0.548. The minimum Gasteiger partial charge on any atom is -0.310 e. The summed E-state index contributed by atoms with van der Waals surface area (Å²) >= 11 is 0. The van der Waals surface area contributed by atoms with Gasteiger partial charge in [-0.15, -0.1) is 0 Å².